The number of hydrogen-bond donors (Lipinski definition) is 0. The van der Waals surface area contributed by atoms with Gasteiger partial charge in [-0.2, -0.15) is 0 Å². The van der Waals surface area contributed by atoms with Crippen LogP contribution in [0.4, 0.5) is 0 Å². The van der Waals surface area contributed by atoms with E-state index in [4.69, 9.17) is 9.05 Å². The third-order valence-electron chi connectivity index (χ3n) is 9.67. The standard InChI is InChI=1S/C26H47O3P/c1-21-11-13-22(14-12-21)26(19-7-4-8-20-26)23-15-17-24(18-16-23)29-30(27,28-2)25-9-5-3-6-10-25/h21-25H,3-20H2,1-2H3. The van der Waals surface area contributed by atoms with Crippen LogP contribution in [-0.4, -0.2) is 18.9 Å². The first-order valence-corrected chi connectivity index (χ1v) is 15.0. The maximum Gasteiger partial charge on any atom is 0.333 e. The van der Waals surface area contributed by atoms with Crippen LogP contribution in [0, 0.1) is 23.2 Å². The van der Waals surface area contributed by atoms with Crippen LogP contribution in [0.2, 0.25) is 0 Å². The third kappa shape index (κ3) is 5.04. The molecule has 1 unspecified atom stereocenters. The maximum atomic E-state index is 13.5. The Morgan fingerprint density at radius 3 is 1.80 bits per heavy atom. The van der Waals surface area contributed by atoms with Crippen molar-refractivity contribution >= 4 is 7.60 Å². The van der Waals surface area contributed by atoms with Crippen molar-refractivity contribution in [1.29, 1.82) is 0 Å². The van der Waals surface area contributed by atoms with Gasteiger partial charge in [0.2, 0.25) is 0 Å². The zero-order chi connectivity index (χ0) is 21.0. The summed E-state index contributed by atoms with van der Waals surface area (Å²) in [5, 5.41) is 0. The second kappa shape index (κ2) is 10.4. The summed E-state index contributed by atoms with van der Waals surface area (Å²) in [6.07, 6.45) is 23.7. The van der Waals surface area contributed by atoms with Gasteiger partial charge in [0.25, 0.3) is 0 Å². The lowest BCUT2D eigenvalue weighted by molar-refractivity contribution is -0.0330. The quantitative estimate of drug-likeness (QED) is 0.390. The van der Waals surface area contributed by atoms with E-state index >= 15 is 0 Å². The van der Waals surface area contributed by atoms with Crippen molar-refractivity contribution in [2.75, 3.05) is 7.11 Å². The molecule has 0 amide bonds. The lowest BCUT2D eigenvalue weighted by Gasteiger charge is -2.53. The van der Waals surface area contributed by atoms with Gasteiger partial charge in [0, 0.05) is 7.11 Å². The number of rotatable bonds is 6. The monoisotopic (exact) mass is 438 g/mol. The molecule has 0 radical (unpaired) electrons. The van der Waals surface area contributed by atoms with Crippen LogP contribution >= 0.6 is 7.60 Å². The highest BCUT2D eigenvalue weighted by Crippen LogP contribution is 2.61. The van der Waals surface area contributed by atoms with E-state index in [0.29, 0.717) is 5.41 Å². The topological polar surface area (TPSA) is 35.5 Å². The van der Waals surface area contributed by atoms with Gasteiger partial charge >= 0.3 is 7.60 Å². The Morgan fingerprint density at radius 2 is 1.23 bits per heavy atom. The minimum atomic E-state index is -2.95. The second-order valence-corrected chi connectivity index (χ2v) is 13.7. The van der Waals surface area contributed by atoms with E-state index in [9.17, 15) is 4.57 Å². The predicted molar refractivity (Wildman–Crippen MR) is 125 cm³/mol. The lowest BCUT2D eigenvalue weighted by atomic mass is 9.53. The summed E-state index contributed by atoms with van der Waals surface area (Å²) < 4.78 is 25.4. The highest BCUT2D eigenvalue weighted by molar-refractivity contribution is 7.54. The van der Waals surface area contributed by atoms with Gasteiger partial charge < -0.3 is 9.05 Å². The molecule has 4 heteroatoms. The average Bonchev–Trinajstić information content (AvgIpc) is 2.81. The molecule has 4 aliphatic rings. The molecule has 0 saturated heterocycles. The summed E-state index contributed by atoms with van der Waals surface area (Å²) in [5.41, 5.74) is 0.750. The van der Waals surface area contributed by atoms with Gasteiger partial charge in [-0.05, 0) is 87.4 Å². The Labute approximate surface area is 186 Å². The molecule has 0 heterocycles. The van der Waals surface area contributed by atoms with Crippen LogP contribution in [0.25, 0.3) is 0 Å². The van der Waals surface area contributed by atoms with E-state index in [1.165, 1.54) is 89.9 Å². The fourth-order valence-corrected chi connectivity index (χ4v) is 10.0. The summed E-state index contributed by atoms with van der Waals surface area (Å²) in [6, 6.07) is 0. The molecule has 1 atom stereocenters. The van der Waals surface area contributed by atoms with E-state index in [1.807, 2.05) is 0 Å². The van der Waals surface area contributed by atoms with Crippen molar-refractivity contribution in [2.45, 2.75) is 134 Å². The van der Waals surface area contributed by atoms with Crippen LogP contribution in [0.15, 0.2) is 0 Å². The zero-order valence-corrected chi connectivity index (χ0v) is 20.7. The summed E-state index contributed by atoms with van der Waals surface area (Å²) in [6.45, 7) is 2.45. The summed E-state index contributed by atoms with van der Waals surface area (Å²) in [7, 11) is -1.33. The Morgan fingerprint density at radius 1 is 0.700 bits per heavy atom. The SMILES string of the molecule is COP(=O)(OC1CCC(C2(C3CCC(C)CC3)CCCCC2)CC1)C1CCCCC1. The molecule has 0 N–H and O–H groups in total. The van der Waals surface area contributed by atoms with Crippen molar-refractivity contribution in [3.63, 3.8) is 0 Å². The molecule has 0 aromatic rings. The molecule has 3 nitrogen and oxygen atoms in total. The lowest BCUT2D eigenvalue weighted by Crippen LogP contribution is -2.43. The summed E-state index contributed by atoms with van der Waals surface area (Å²) in [5.74, 6) is 2.77. The van der Waals surface area contributed by atoms with E-state index < -0.39 is 7.60 Å². The molecule has 0 aromatic carbocycles. The molecule has 30 heavy (non-hydrogen) atoms. The molecular formula is C26H47O3P. The van der Waals surface area contributed by atoms with Crippen molar-refractivity contribution in [3.05, 3.63) is 0 Å². The van der Waals surface area contributed by atoms with Crippen LogP contribution in [0.3, 0.4) is 0 Å². The Bertz CT molecular complexity index is 563. The minimum Gasteiger partial charge on any atom is -0.312 e. The normalized spacial score (nSPS) is 38.1. The van der Waals surface area contributed by atoms with E-state index in [2.05, 4.69) is 6.92 Å². The van der Waals surface area contributed by atoms with Gasteiger partial charge in [-0.3, -0.25) is 4.57 Å². The molecule has 174 valence electrons. The van der Waals surface area contributed by atoms with Gasteiger partial charge in [-0.15, -0.1) is 0 Å². The van der Waals surface area contributed by atoms with Crippen molar-refractivity contribution in [2.24, 2.45) is 23.2 Å². The molecule has 0 aromatic heterocycles. The van der Waals surface area contributed by atoms with E-state index in [0.717, 1.165) is 43.4 Å². The van der Waals surface area contributed by atoms with E-state index in [-0.39, 0.29) is 11.8 Å². The van der Waals surface area contributed by atoms with Crippen molar-refractivity contribution in [1.82, 2.24) is 0 Å². The number of hydrogen-bond acceptors (Lipinski definition) is 3. The largest absolute Gasteiger partial charge is 0.333 e. The second-order valence-electron chi connectivity index (χ2n) is 11.3. The molecule has 0 aliphatic heterocycles. The van der Waals surface area contributed by atoms with Gasteiger partial charge in [0.15, 0.2) is 0 Å². The van der Waals surface area contributed by atoms with Crippen LogP contribution in [0.5, 0.6) is 0 Å². The third-order valence-corrected chi connectivity index (χ3v) is 12.2. The van der Waals surface area contributed by atoms with Gasteiger partial charge in [-0.25, -0.2) is 0 Å². The predicted octanol–water partition coefficient (Wildman–Crippen LogP) is 8.51. The van der Waals surface area contributed by atoms with Gasteiger partial charge in [-0.1, -0.05) is 58.3 Å². The Hall–Kier alpha value is 0.150. The molecule has 0 spiro atoms. The molecule has 4 saturated carbocycles. The maximum absolute atomic E-state index is 13.5. The zero-order valence-electron chi connectivity index (χ0n) is 19.8. The molecule has 4 rings (SSSR count). The molecule has 4 aliphatic carbocycles. The van der Waals surface area contributed by atoms with Crippen molar-refractivity contribution < 1.29 is 13.6 Å². The summed E-state index contributed by atoms with van der Waals surface area (Å²) in [4.78, 5) is 0. The first-order chi connectivity index (χ1) is 14.6. The molecule has 0 bridgehead atoms. The average molecular weight is 439 g/mol. The molecular weight excluding hydrogens is 391 g/mol. The smallest absolute Gasteiger partial charge is 0.312 e. The van der Waals surface area contributed by atoms with Crippen LogP contribution < -0.4 is 0 Å². The first-order valence-electron chi connectivity index (χ1n) is 13.4. The Kier molecular flexibility index (Phi) is 8.07. The molecule has 4 fully saturated rings. The highest BCUT2D eigenvalue weighted by atomic mass is 31.2. The highest BCUT2D eigenvalue weighted by Gasteiger charge is 2.48. The fourth-order valence-electron chi connectivity index (χ4n) is 7.82. The minimum absolute atomic E-state index is 0.142. The fraction of sp³-hybridized carbons (Fsp3) is 1.00. The van der Waals surface area contributed by atoms with Gasteiger partial charge in [0.1, 0.15) is 0 Å². The van der Waals surface area contributed by atoms with Gasteiger partial charge in [0.05, 0.1) is 11.8 Å². The van der Waals surface area contributed by atoms with Crippen molar-refractivity contribution in [3.8, 4) is 0 Å². The van der Waals surface area contributed by atoms with E-state index in [1.54, 1.807) is 7.11 Å². The van der Waals surface area contributed by atoms with Crippen LogP contribution in [-0.2, 0) is 13.6 Å². The Balaban J connectivity index is 1.37. The van der Waals surface area contributed by atoms with Crippen LogP contribution in [0.1, 0.15) is 122 Å². The summed E-state index contributed by atoms with van der Waals surface area (Å²) >= 11 is 0. The first kappa shape index (κ1) is 23.3.